The van der Waals surface area contributed by atoms with Crippen molar-refractivity contribution in [3.8, 4) is 17.2 Å². The normalized spacial score (nSPS) is 18.3. The maximum atomic E-state index is 13.3. The first kappa shape index (κ1) is 27.6. The molecule has 0 aromatic heterocycles. The van der Waals surface area contributed by atoms with Crippen LogP contribution in [0.1, 0.15) is 57.1 Å². The molecule has 38 heavy (non-hydrogen) atoms. The average molecular weight is 534 g/mol. The molecule has 1 heterocycles. The summed E-state index contributed by atoms with van der Waals surface area (Å²) in [6.45, 7) is 5.64. The number of nitriles is 1. The van der Waals surface area contributed by atoms with Gasteiger partial charge in [-0.25, -0.2) is 4.79 Å². The van der Waals surface area contributed by atoms with Gasteiger partial charge in [-0.15, -0.1) is 0 Å². The molecule has 0 saturated carbocycles. The summed E-state index contributed by atoms with van der Waals surface area (Å²) in [6.07, 6.45) is 1.63. The van der Waals surface area contributed by atoms with Gasteiger partial charge >= 0.3 is 6.09 Å². The Morgan fingerprint density at radius 3 is 2.21 bits per heavy atom. The third-order valence-electron chi connectivity index (χ3n) is 7.03. The first-order valence-corrected chi connectivity index (χ1v) is 14.7. The van der Waals surface area contributed by atoms with Crippen LogP contribution in [0.3, 0.4) is 0 Å². The lowest BCUT2D eigenvalue weighted by molar-refractivity contribution is -0.128. The standard InChI is InChI=1S/C30H35N3O4S/c1-19(2)16-26(28(34)27(17-31)38-14-8-9-15-38)33-29(35)20(3)32-30(36)37-18-25-23-12-6-4-10-21(23)22-11-5-7-13-24(22)25/h4-7,10-14,19-20,25-27H,8-9,15-16,18H2,1-3H3,(H,32,36)(H,33,35)/t20-,26-,27?,38?/m0/s1. The average Bonchev–Trinajstić information content (AvgIpc) is 3.54. The second-order valence-corrected chi connectivity index (χ2v) is 12.4. The number of nitrogens with zero attached hydrogens (tertiary/aromatic N) is 1. The summed E-state index contributed by atoms with van der Waals surface area (Å²) in [5, 5.41) is 16.4. The van der Waals surface area contributed by atoms with Gasteiger partial charge in [0, 0.05) is 5.92 Å². The van der Waals surface area contributed by atoms with Crippen LogP contribution < -0.4 is 10.6 Å². The maximum absolute atomic E-state index is 13.3. The van der Waals surface area contributed by atoms with Gasteiger partial charge in [0.2, 0.25) is 5.91 Å². The Kier molecular flexibility index (Phi) is 9.01. The van der Waals surface area contributed by atoms with Crippen molar-refractivity contribution in [1.82, 2.24) is 10.6 Å². The number of hydrogen-bond acceptors (Lipinski definition) is 5. The van der Waals surface area contributed by atoms with Gasteiger partial charge in [0.15, 0.2) is 5.78 Å². The van der Waals surface area contributed by atoms with E-state index >= 15 is 0 Å². The summed E-state index contributed by atoms with van der Waals surface area (Å²) in [5.74, 6) is 0.176. The molecule has 2 N–H and O–H groups in total. The van der Waals surface area contributed by atoms with Crippen molar-refractivity contribution < 1.29 is 19.1 Å². The zero-order chi connectivity index (χ0) is 27.2. The van der Waals surface area contributed by atoms with Crippen LogP contribution >= 0.6 is 10.5 Å². The zero-order valence-electron chi connectivity index (χ0n) is 22.1. The van der Waals surface area contributed by atoms with Crippen molar-refractivity contribution in [2.45, 2.75) is 63.3 Å². The van der Waals surface area contributed by atoms with E-state index in [-0.39, 0.29) is 34.7 Å². The number of rotatable bonds is 10. The van der Waals surface area contributed by atoms with Gasteiger partial charge in [-0.3, -0.25) is 9.59 Å². The lowest BCUT2D eigenvalue weighted by Gasteiger charge is -2.24. The molecule has 200 valence electrons. The minimum absolute atomic E-state index is 0.0820. The number of alkyl carbamates (subject to hydrolysis) is 1. The summed E-state index contributed by atoms with van der Waals surface area (Å²) in [4.78, 5) is 38.9. The van der Waals surface area contributed by atoms with Crippen molar-refractivity contribution in [3.05, 3.63) is 59.7 Å². The number of fused-ring (bicyclic) bond motifs is 3. The van der Waals surface area contributed by atoms with E-state index in [0.29, 0.717) is 6.42 Å². The number of benzene rings is 2. The monoisotopic (exact) mass is 533 g/mol. The minimum atomic E-state index is -0.908. The molecule has 1 aliphatic carbocycles. The molecule has 8 heteroatoms. The number of Topliss-reactive ketones (excluding diaryl/α,β-unsaturated/α-hetero) is 1. The quantitative estimate of drug-likeness (QED) is 0.428. The Morgan fingerprint density at radius 1 is 1.03 bits per heavy atom. The summed E-state index contributed by atoms with van der Waals surface area (Å²) in [6, 6.07) is 16.7. The highest BCUT2D eigenvalue weighted by molar-refractivity contribution is 8.16. The fraction of sp³-hybridized carbons (Fsp3) is 0.433. The molecule has 2 aromatic rings. The van der Waals surface area contributed by atoms with E-state index in [1.54, 1.807) is 6.92 Å². The van der Waals surface area contributed by atoms with Crippen LogP contribution in [0.25, 0.3) is 11.1 Å². The first-order chi connectivity index (χ1) is 18.3. The van der Waals surface area contributed by atoms with E-state index < -0.39 is 29.3 Å². The number of nitrogens with one attached hydrogen (secondary N) is 2. The van der Waals surface area contributed by atoms with Crippen LogP contribution in [0.4, 0.5) is 4.79 Å². The van der Waals surface area contributed by atoms with Gasteiger partial charge in [0.05, 0.1) is 12.1 Å². The molecule has 1 aliphatic heterocycles. The van der Waals surface area contributed by atoms with Crippen molar-refractivity contribution in [2.24, 2.45) is 5.92 Å². The molecule has 7 nitrogen and oxygen atoms in total. The largest absolute Gasteiger partial charge is 0.449 e. The highest BCUT2D eigenvalue weighted by Crippen LogP contribution is 2.44. The molecular formula is C30H35N3O4S. The van der Waals surface area contributed by atoms with E-state index in [4.69, 9.17) is 4.74 Å². The van der Waals surface area contributed by atoms with Gasteiger partial charge in [0.1, 0.15) is 17.9 Å². The van der Waals surface area contributed by atoms with Gasteiger partial charge in [0.25, 0.3) is 0 Å². The lowest BCUT2D eigenvalue weighted by Crippen LogP contribution is -2.52. The zero-order valence-corrected chi connectivity index (χ0v) is 22.9. The van der Waals surface area contributed by atoms with Gasteiger partial charge in [-0.2, -0.15) is 15.7 Å². The fourth-order valence-electron chi connectivity index (χ4n) is 5.14. The van der Waals surface area contributed by atoms with Gasteiger partial charge < -0.3 is 15.4 Å². The van der Waals surface area contributed by atoms with E-state index in [9.17, 15) is 19.6 Å². The molecule has 2 unspecified atom stereocenters. The second-order valence-electron chi connectivity index (χ2n) is 10.3. The first-order valence-electron chi connectivity index (χ1n) is 13.2. The van der Waals surface area contributed by atoms with Crippen molar-refractivity contribution in [2.75, 3.05) is 12.4 Å². The van der Waals surface area contributed by atoms with E-state index in [0.717, 1.165) is 40.8 Å². The van der Waals surface area contributed by atoms with E-state index in [1.807, 2.05) is 50.2 Å². The molecule has 0 radical (unpaired) electrons. The molecule has 2 aliphatic rings. The summed E-state index contributed by atoms with van der Waals surface area (Å²) in [7, 11) is -0.378. The predicted molar refractivity (Wildman–Crippen MR) is 151 cm³/mol. The third-order valence-corrected chi connectivity index (χ3v) is 9.40. The Bertz CT molecular complexity index is 1240. The molecule has 2 aromatic carbocycles. The smallest absolute Gasteiger partial charge is 0.407 e. The maximum Gasteiger partial charge on any atom is 0.407 e. The number of hydrogen-bond donors (Lipinski definition) is 2. The highest BCUT2D eigenvalue weighted by atomic mass is 32.2. The second kappa shape index (κ2) is 12.4. The minimum Gasteiger partial charge on any atom is -0.449 e. The Balaban J connectivity index is 1.36. The molecule has 0 saturated heterocycles. The van der Waals surface area contributed by atoms with Gasteiger partial charge in [-0.05, 0) is 60.1 Å². The van der Waals surface area contributed by atoms with Crippen LogP contribution in [0.5, 0.6) is 0 Å². The Hall–Kier alpha value is -3.44. The third kappa shape index (κ3) is 6.16. The van der Waals surface area contributed by atoms with Crippen LogP contribution in [0, 0.1) is 17.2 Å². The SMILES string of the molecule is CC(C)C[C@H](NC(=O)[C@H](C)NC(=O)OCC1c2ccccc2-c2ccccc21)C(=O)C(C#N)S1=CCCC1. The summed E-state index contributed by atoms with van der Waals surface area (Å²) < 4.78 is 5.56. The molecule has 0 bridgehead atoms. The molecule has 2 amide bonds. The topological polar surface area (TPSA) is 108 Å². The predicted octanol–water partition coefficient (Wildman–Crippen LogP) is 4.77. The number of carbonyl (C=O) groups is 3. The molecule has 4 atom stereocenters. The molecule has 0 fully saturated rings. The molecule has 0 spiro atoms. The van der Waals surface area contributed by atoms with Crippen LogP contribution in [-0.2, 0) is 14.3 Å². The van der Waals surface area contributed by atoms with Crippen LogP contribution in [0.2, 0.25) is 0 Å². The number of ketones is 1. The van der Waals surface area contributed by atoms with Crippen molar-refractivity contribution >= 4 is 33.6 Å². The van der Waals surface area contributed by atoms with E-state index in [1.165, 1.54) is 0 Å². The molecular weight excluding hydrogens is 498 g/mol. The molecule has 4 rings (SSSR count). The van der Waals surface area contributed by atoms with Crippen LogP contribution in [0.15, 0.2) is 48.5 Å². The van der Waals surface area contributed by atoms with Gasteiger partial charge in [-0.1, -0.05) is 67.7 Å². The van der Waals surface area contributed by atoms with E-state index in [2.05, 4.69) is 34.2 Å². The van der Waals surface area contributed by atoms with Crippen molar-refractivity contribution in [1.29, 1.82) is 5.26 Å². The highest BCUT2D eigenvalue weighted by Gasteiger charge is 2.33. The summed E-state index contributed by atoms with van der Waals surface area (Å²) in [5.41, 5.74) is 4.48. The number of ether oxygens (including phenoxy) is 1. The lowest BCUT2D eigenvalue weighted by atomic mass is 9.98. The number of amides is 2. The van der Waals surface area contributed by atoms with Crippen molar-refractivity contribution in [3.63, 3.8) is 0 Å². The Labute approximate surface area is 226 Å². The van der Waals surface area contributed by atoms with Crippen LogP contribution in [-0.4, -0.2) is 52.8 Å². The Morgan fingerprint density at radius 2 is 1.66 bits per heavy atom. The summed E-state index contributed by atoms with van der Waals surface area (Å²) >= 11 is 0. The number of carbonyl (C=O) groups excluding carboxylic acids is 3. The fourth-order valence-corrected chi connectivity index (χ4v) is 7.30.